The van der Waals surface area contributed by atoms with Crippen LogP contribution in [0.25, 0.3) is 0 Å². The highest BCUT2D eigenvalue weighted by molar-refractivity contribution is 7.91. The molecular weight excluding hydrogens is 312 g/mol. The number of nitrogens with one attached hydrogen (secondary N) is 1. The Kier molecular flexibility index (Phi) is 4.69. The average Bonchev–Trinajstić information content (AvgIpc) is 2.86. The number of esters is 1. The first-order valence-corrected chi connectivity index (χ1v) is 9.15. The summed E-state index contributed by atoms with van der Waals surface area (Å²) >= 11 is 0.926. The normalized spacial score (nSPS) is 22.0. The first-order chi connectivity index (χ1) is 9.75. The fourth-order valence-corrected chi connectivity index (χ4v) is 5.15. The molecule has 0 aliphatic heterocycles. The Hall–Kier alpha value is -0.990. The van der Waals surface area contributed by atoms with Gasteiger partial charge in [0, 0.05) is 6.04 Å². The molecule has 2 rings (SSSR count). The summed E-state index contributed by atoms with van der Waals surface area (Å²) in [4.78, 5) is 15.4. The number of rotatable bonds is 4. The van der Waals surface area contributed by atoms with Crippen LogP contribution >= 0.6 is 11.3 Å². The predicted octanol–water partition coefficient (Wildman–Crippen LogP) is 2.18. The smallest absolute Gasteiger partial charge is 0.358 e. The minimum atomic E-state index is -3.75. The van der Waals surface area contributed by atoms with Crippen LogP contribution in [-0.4, -0.2) is 32.5 Å². The highest BCUT2D eigenvalue weighted by atomic mass is 32.2. The molecule has 21 heavy (non-hydrogen) atoms. The zero-order chi connectivity index (χ0) is 15.7. The van der Waals surface area contributed by atoms with E-state index < -0.39 is 16.0 Å². The van der Waals surface area contributed by atoms with Crippen LogP contribution in [0.4, 0.5) is 0 Å². The van der Waals surface area contributed by atoms with E-state index in [4.69, 9.17) is 0 Å². The maximum absolute atomic E-state index is 12.5. The molecule has 1 fully saturated rings. The number of ether oxygens (including phenoxy) is 1. The third-order valence-corrected chi connectivity index (χ3v) is 6.57. The van der Waals surface area contributed by atoms with Crippen LogP contribution in [-0.2, 0) is 14.8 Å². The molecule has 8 heteroatoms. The van der Waals surface area contributed by atoms with Gasteiger partial charge in [-0.3, -0.25) is 0 Å². The molecule has 118 valence electrons. The van der Waals surface area contributed by atoms with Crippen molar-refractivity contribution < 1.29 is 17.9 Å². The minimum Gasteiger partial charge on any atom is -0.464 e. The van der Waals surface area contributed by atoms with Crippen LogP contribution in [0, 0.1) is 5.41 Å². The number of nitrogens with zero attached hydrogens (tertiary/aromatic N) is 1. The highest BCUT2D eigenvalue weighted by Crippen LogP contribution is 2.36. The topological polar surface area (TPSA) is 85.4 Å². The quantitative estimate of drug-likeness (QED) is 0.854. The SMILES string of the molecule is COC(=O)c1ncsc1S(=O)(=O)NC1CCCC(C)(C)C1. The number of aromatic nitrogens is 1. The maximum Gasteiger partial charge on any atom is 0.358 e. The molecular formula is C13H20N2O4S2. The molecule has 1 aliphatic rings. The predicted molar refractivity (Wildman–Crippen MR) is 79.8 cm³/mol. The van der Waals surface area contributed by atoms with Gasteiger partial charge in [-0.2, -0.15) is 0 Å². The van der Waals surface area contributed by atoms with Crippen LogP contribution < -0.4 is 4.72 Å². The molecule has 0 saturated heterocycles. The molecule has 1 N–H and O–H groups in total. The fraction of sp³-hybridized carbons (Fsp3) is 0.692. The van der Waals surface area contributed by atoms with E-state index in [0.717, 1.165) is 37.0 Å². The zero-order valence-electron chi connectivity index (χ0n) is 12.4. The minimum absolute atomic E-state index is 0.0715. The number of carbonyl (C=O) groups is 1. The summed E-state index contributed by atoms with van der Waals surface area (Å²) in [6.45, 7) is 4.28. The third kappa shape index (κ3) is 3.81. The van der Waals surface area contributed by atoms with Gasteiger partial charge in [-0.1, -0.05) is 20.3 Å². The van der Waals surface area contributed by atoms with Crippen molar-refractivity contribution in [2.24, 2.45) is 5.41 Å². The second-order valence-electron chi connectivity index (χ2n) is 6.06. The number of hydrogen-bond donors (Lipinski definition) is 1. The standard InChI is InChI=1S/C13H20N2O4S2/c1-13(2)6-4-5-9(7-13)15-21(17,18)12-10(11(16)19-3)14-8-20-12/h8-9,15H,4-7H2,1-3H3. The van der Waals surface area contributed by atoms with Crippen LogP contribution in [0.5, 0.6) is 0 Å². The molecule has 1 atom stereocenters. The lowest BCUT2D eigenvalue weighted by molar-refractivity contribution is 0.0590. The Bertz CT molecular complexity index is 622. The maximum atomic E-state index is 12.5. The fourth-order valence-electron chi connectivity index (χ4n) is 2.73. The highest BCUT2D eigenvalue weighted by Gasteiger charge is 2.33. The van der Waals surface area contributed by atoms with Gasteiger partial charge in [0.05, 0.1) is 12.6 Å². The lowest BCUT2D eigenvalue weighted by Gasteiger charge is -2.35. The van der Waals surface area contributed by atoms with Crippen LogP contribution in [0.2, 0.25) is 0 Å². The Labute approximate surface area is 129 Å². The summed E-state index contributed by atoms with van der Waals surface area (Å²) in [7, 11) is -2.54. The Balaban J connectivity index is 2.19. The lowest BCUT2D eigenvalue weighted by Crippen LogP contribution is -2.40. The largest absolute Gasteiger partial charge is 0.464 e. The second-order valence-corrected chi connectivity index (χ2v) is 8.82. The average molecular weight is 332 g/mol. The summed E-state index contributed by atoms with van der Waals surface area (Å²) in [5, 5.41) is 0. The second kappa shape index (κ2) is 6.02. The monoisotopic (exact) mass is 332 g/mol. The van der Waals surface area contributed by atoms with Crippen LogP contribution in [0.15, 0.2) is 9.72 Å². The molecule has 0 aromatic carbocycles. The van der Waals surface area contributed by atoms with E-state index >= 15 is 0 Å². The molecule has 1 aromatic rings. The molecule has 0 bridgehead atoms. The number of carbonyl (C=O) groups excluding carboxylic acids is 1. The molecule has 0 radical (unpaired) electrons. The zero-order valence-corrected chi connectivity index (χ0v) is 14.0. The third-order valence-electron chi connectivity index (χ3n) is 3.68. The molecule has 1 aromatic heterocycles. The van der Waals surface area contributed by atoms with Crippen molar-refractivity contribution in [2.45, 2.75) is 49.8 Å². The summed E-state index contributed by atoms with van der Waals surface area (Å²) in [5.74, 6) is -0.736. The first-order valence-electron chi connectivity index (χ1n) is 6.79. The molecule has 1 aliphatic carbocycles. The van der Waals surface area contributed by atoms with Crippen molar-refractivity contribution in [3.63, 3.8) is 0 Å². The van der Waals surface area contributed by atoms with E-state index in [1.54, 1.807) is 0 Å². The lowest BCUT2D eigenvalue weighted by atomic mass is 9.75. The number of methoxy groups -OCH3 is 1. The van der Waals surface area contributed by atoms with Gasteiger partial charge in [0.2, 0.25) is 0 Å². The Morgan fingerprint density at radius 3 is 2.86 bits per heavy atom. The summed E-state index contributed by atoms with van der Waals surface area (Å²) in [6.07, 6.45) is 3.69. The molecule has 6 nitrogen and oxygen atoms in total. The molecule has 0 spiro atoms. The van der Waals surface area contributed by atoms with Crippen LogP contribution in [0.3, 0.4) is 0 Å². The van der Waals surface area contributed by atoms with E-state index in [0.29, 0.717) is 0 Å². The van der Waals surface area contributed by atoms with E-state index in [9.17, 15) is 13.2 Å². The van der Waals surface area contributed by atoms with E-state index in [-0.39, 0.29) is 21.4 Å². The Morgan fingerprint density at radius 2 is 2.24 bits per heavy atom. The Morgan fingerprint density at radius 1 is 1.52 bits per heavy atom. The number of sulfonamides is 1. The van der Waals surface area contributed by atoms with E-state index in [2.05, 4.69) is 28.3 Å². The van der Waals surface area contributed by atoms with Crippen molar-refractivity contribution in [3.8, 4) is 0 Å². The summed E-state index contributed by atoms with van der Waals surface area (Å²) < 4.78 is 32.1. The molecule has 1 saturated carbocycles. The number of thiazole rings is 1. The van der Waals surface area contributed by atoms with Crippen molar-refractivity contribution in [1.82, 2.24) is 9.71 Å². The first kappa shape index (κ1) is 16.4. The van der Waals surface area contributed by atoms with E-state index in [1.807, 2.05) is 0 Å². The number of hydrogen-bond acceptors (Lipinski definition) is 6. The molecule has 0 amide bonds. The van der Waals surface area contributed by atoms with Crippen molar-refractivity contribution in [2.75, 3.05) is 7.11 Å². The van der Waals surface area contributed by atoms with E-state index in [1.165, 1.54) is 12.6 Å². The molecule has 1 unspecified atom stereocenters. The van der Waals surface area contributed by atoms with Gasteiger partial charge in [-0.15, -0.1) is 11.3 Å². The van der Waals surface area contributed by atoms with Crippen molar-refractivity contribution in [1.29, 1.82) is 0 Å². The van der Waals surface area contributed by atoms with Gasteiger partial charge in [0.15, 0.2) is 9.90 Å². The van der Waals surface area contributed by atoms with Gasteiger partial charge in [0.25, 0.3) is 10.0 Å². The molecule has 1 heterocycles. The van der Waals surface area contributed by atoms with Gasteiger partial charge in [0.1, 0.15) is 0 Å². The van der Waals surface area contributed by atoms with Crippen molar-refractivity contribution in [3.05, 3.63) is 11.2 Å². The van der Waals surface area contributed by atoms with Gasteiger partial charge in [-0.25, -0.2) is 22.9 Å². The van der Waals surface area contributed by atoms with Crippen molar-refractivity contribution >= 4 is 27.3 Å². The van der Waals surface area contributed by atoms with Gasteiger partial charge in [-0.05, 0) is 24.7 Å². The van der Waals surface area contributed by atoms with Gasteiger partial charge < -0.3 is 4.74 Å². The van der Waals surface area contributed by atoms with Gasteiger partial charge >= 0.3 is 5.97 Å². The summed E-state index contributed by atoms with van der Waals surface area (Å²) in [6, 6.07) is -0.105. The summed E-state index contributed by atoms with van der Waals surface area (Å²) in [5.41, 5.74) is 1.32. The van der Waals surface area contributed by atoms with Crippen LogP contribution in [0.1, 0.15) is 50.0 Å².